The molecule has 0 aliphatic rings. The van der Waals surface area contributed by atoms with Crippen LogP contribution in [-0.2, 0) is 6.54 Å². The number of hydrogen-bond acceptors (Lipinski definition) is 5. The maximum absolute atomic E-state index is 5.95. The lowest BCUT2D eigenvalue weighted by molar-refractivity contribution is 0.812. The molecule has 6 heteroatoms. The van der Waals surface area contributed by atoms with E-state index in [0.29, 0.717) is 17.9 Å². The van der Waals surface area contributed by atoms with Crippen LogP contribution >= 0.6 is 0 Å². The van der Waals surface area contributed by atoms with Crippen molar-refractivity contribution in [2.24, 2.45) is 0 Å². The molecule has 0 radical (unpaired) electrons. The zero-order valence-corrected chi connectivity index (χ0v) is 16.3. The number of aryl methyl sites for hydroxylation is 2. The highest BCUT2D eigenvalue weighted by molar-refractivity contribution is 5.86. The molecule has 0 bridgehead atoms. The number of anilines is 1. The number of fused-ring (bicyclic) bond motifs is 2. The first-order valence-electron chi connectivity index (χ1n) is 9.48. The fourth-order valence-electron chi connectivity index (χ4n) is 3.75. The molecular weight excluding hydrogens is 372 g/mol. The van der Waals surface area contributed by atoms with Gasteiger partial charge in [0, 0.05) is 10.9 Å². The molecule has 150 valence electrons. The van der Waals surface area contributed by atoms with Gasteiger partial charge in [0.15, 0.2) is 11.5 Å². The molecule has 0 aliphatic carbocycles. The van der Waals surface area contributed by atoms with Gasteiger partial charge in [0.25, 0.3) is 0 Å². The Bertz CT molecular complexity index is 1370. The van der Waals surface area contributed by atoms with Gasteiger partial charge in [0.05, 0.1) is 24.1 Å². The van der Waals surface area contributed by atoms with Gasteiger partial charge >= 0.3 is 0 Å². The van der Waals surface area contributed by atoms with Crippen LogP contribution in [0.4, 0.5) is 5.82 Å². The number of pyridine rings is 1. The summed E-state index contributed by atoms with van der Waals surface area (Å²) in [5, 5.41) is 1.12. The first kappa shape index (κ1) is 19.5. The van der Waals surface area contributed by atoms with Crippen LogP contribution in [0.15, 0.2) is 61.2 Å². The van der Waals surface area contributed by atoms with Crippen molar-refractivity contribution in [2.45, 2.75) is 27.8 Å². The smallest absolute Gasteiger partial charge is 0.165 e. The topological polar surface area (TPSA) is 82.5 Å². The summed E-state index contributed by atoms with van der Waals surface area (Å²) in [6.07, 6.45) is 3.23. The molecule has 0 saturated carbocycles. The molecule has 6 nitrogen and oxygen atoms in total. The third-order valence-electron chi connectivity index (χ3n) is 5.19. The van der Waals surface area contributed by atoms with Crippen LogP contribution in [0.5, 0.6) is 0 Å². The number of nitrogens with two attached hydrogens (primary N) is 1. The fourth-order valence-corrected chi connectivity index (χ4v) is 3.75. The number of aromatic nitrogens is 5. The minimum absolute atomic E-state index is 0. The molecule has 0 atom stereocenters. The summed E-state index contributed by atoms with van der Waals surface area (Å²) in [6.45, 7) is 4.78. The standard InChI is InChI=1S/C23H20N6.CH4/c1-14-5-3-7-16(9-14)20-18(10-17-8-4-6-15(2)19(17)28-20)11-29-13-27-21-22(24)25-12-26-23(21)29;/h3-10,12-13H,11H2,1-2H3,(H2,24,25,26);1H4. The normalized spacial score (nSPS) is 11.0. The largest absolute Gasteiger partial charge is 0.382 e. The Morgan fingerprint density at radius 1 is 0.933 bits per heavy atom. The van der Waals surface area contributed by atoms with Gasteiger partial charge in [0.1, 0.15) is 11.8 Å². The second-order valence-electron chi connectivity index (χ2n) is 7.32. The van der Waals surface area contributed by atoms with Crippen molar-refractivity contribution in [3.05, 3.63) is 77.9 Å². The average molecular weight is 396 g/mol. The number of nitrogens with zero attached hydrogens (tertiary/aromatic N) is 5. The average Bonchev–Trinajstić information content (AvgIpc) is 3.12. The molecule has 0 amide bonds. The van der Waals surface area contributed by atoms with Crippen molar-refractivity contribution in [1.82, 2.24) is 24.5 Å². The Morgan fingerprint density at radius 3 is 2.60 bits per heavy atom. The van der Waals surface area contributed by atoms with Crippen LogP contribution in [0.3, 0.4) is 0 Å². The van der Waals surface area contributed by atoms with E-state index in [1.807, 2.05) is 4.57 Å². The molecule has 30 heavy (non-hydrogen) atoms. The van der Waals surface area contributed by atoms with E-state index in [1.165, 1.54) is 11.9 Å². The van der Waals surface area contributed by atoms with Gasteiger partial charge in [0.2, 0.25) is 0 Å². The number of imidazole rings is 1. The molecule has 0 unspecified atom stereocenters. The van der Waals surface area contributed by atoms with Crippen LogP contribution in [0.25, 0.3) is 33.3 Å². The fraction of sp³-hybridized carbons (Fsp3) is 0.167. The van der Waals surface area contributed by atoms with Crippen LogP contribution in [0.1, 0.15) is 24.1 Å². The minimum Gasteiger partial charge on any atom is -0.382 e. The third-order valence-corrected chi connectivity index (χ3v) is 5.19. The summed E-state index contributed by atoms with van der Waals surface area (Å²) in [4.78, 5) is 17.9. The van der Waals surface area contributed by atoms with Crippen LogP contribution in [-0.4, -0.2) is 24.5 Å². The van der Waals surface area contributed by atoms with Gasteiger partial charge in [-0.3, -0.25) is 0 Å². The summed E-state index contributed by atoms with van der Waals surface area (Å²) in [7, 11) is 0. The number of hydrogen-bond donors (Lipinski definition) is 1. The monoisotopic (exact) mass is 396 g/mol. The molecule has 0 spiro atoms. The lowest BCUT2D eigenvalue weighted by Crippen LogP contribution is -2.04. The molecule has 2 aromatic carbocycles. The predicted molar refractivity (Wildman–Crippen MR) is 122 cm³/mol. The Balaban J connectivity index is 0.00000218. The summed E-state index contributed by atoms with van der Waals surface area (Å²) in [5.74, 6) is 0.389. The van der Waals surface area contributed by atoms with Crippen molar-refractivity contribution in [2.75, 3.05) is 5.73 Å². The number of nitrogen functional groups attached to an aromatic ring is 1. The van der Waals surface area contributed by atoms with E-state index in [9.17, 15) is 0 Å². The Kier molecular flexibility index (Phi) is 4.91. The summed E-state index contributed by atoms with van der Waals surface area (Å²) < 4.78 is 1.99. The molecule has 3 heterocycles. The van der Waals surface area contributed by atoms with Crippen molar-refractivity contribution < 1.29 is 0 Å². The third kappa shape index (κ3) is 3.26. The summed E-state index contributed by atoms with van der Waals surface area (Å²) in [5.41, 5.74) is 13.9. The van der Waals surface area contributed by atoms with E-state index in [0.717, 1.165) is 38.9 Å². The summed E-state index contributed by atoms with van der Waals surface area (Å²) >= 11 is 0. The maximum atomic E-state index is 5.95. The minimum atomic E-state index is 0. The van der Waals surface area contributed by atoms with E-state index < -0.39 is 0 Å². The molecule has 2 N–H and O–H groups in total. The van der Waals surface area contributed by atoms with E-state index in [1.54, 1.807) is 6.33 Å². The SMILES string of the molecule is C.Cc1cccc(-c2nc3c(C)cccc3cc2Cn2cnc3c(N)ncnc32)c1. The Hall–Kier alpha value is -3.80. The van der Waals surface area contributed by atoms with Crippen LogP contribution in [0.2, 0.25) is 0 Å². The van der Waals surface area contributed by atoms with E-state index in [-0.39, 0.29) is 7.43 Å². The van der Waals surface area contributed by atoms with Gasteiger partial charge in [-0.15, -0.1) is 0 Å². The first-order valence-corrected chi connectivity index (χ1v) is 9.48. The lowest BCUT2D eigenvalue weighted by Gasteiger charge is -2.14. The van der Waals surface area contributed by atoms with Crippen molar-refractivity contribution in [1.29, 1.82) is 0 Å². The van der Waals surface area contributed by atoms with Crippen molar-refractivity contribution in [3.63, 3.8) is 0 Å². The molecule has 5 aromatic rings. The van der Waals surface area contributed by atoms with Gasteiger partial charge in [-0.1, -0.05) is 49.4 Å². The van der Waals surface area contributed by atoms with Gasteiger partial charge in [-0.25, -0.2) is 19.9 Å². The molecule has 0 fully saturated rings. The molecule has 0 aliphatic heterocycles. The lowest BCUT2D eigenvalue weighted by atomic mass is 10.0. The highest BCUT2D eigenvalue weighted by Gasteiger charge is 2.14. The Labute approximate surface area is 175 Å². The second-order valence-corrected chi connectivity index (χ2v) is 7.32. The molecule has 3 aromatic heterocycles. The highest BCUT2D eigenvalue weighted by Crippen LogP contribution is 2.29. The van der Waals surface area contributed by atoms with E-state index >= 15 is 0 Å². The van der Waals surface area contributed by atoms with E-state index in [4.69, 9.17) is 10.7 Å². The zero-order valence-electron chi connectivity index (χ0n) is 16.3. The first-order chi connectivity index (χ1) is 14.1. The van der Waals surface area contributed by atoms with Gasteiger partial charge < -0.3 is 10.3 Å². The van der Waals surface area contributed by atoms with Crippen molar-refractivity contribution in [3.8, 4) is 11.3 Å². The van der Waals surface area contributed by atoms with Gasteiger partial charge in [-0.05, 0) is 37.1 Å². The highest BCUT2D eigenvalue weighted by atomic mass is 15.1. The Morgan fingerprint density at radius 2 is 1.77 bits per heavy atom. The van der Waals surface area contributed by atoms with Crippen LogP contribution < -0.4 is 5.73 Å². The molecule has 5 rings (SSSR count). The molecular formula is C24H24N6. The summed E-state index contributed by atoms with van der Waals surface area (Å²) in [6, 6.07) is 16.9. The quantitative estimate of drug-likeness (QED) is 0.468. The molecule has 0 saturated heterocycles. The number of para-hydroxylation sites is 1. The van der Waals surface area contributed by atoms with Crippen LogP contribution in [0, 0.1) is 13.8 Å². The van der Waals surface area contributed by atoms with Gasteiger partial charge in [-0.2, -0.15) is 0 Å². The predicted octanol–water partition coefficient (Wildman–Crippen LogP) is 4.92. The van der Waals surface area contributed by atoms with E-state index in [2.05, 4.69) is 77.3 Å². The second kappa shape index (κ2) is 7.55. The zero-order chi connectivity index (χ0) is 20.0. The number of benzene rings is 2. The van der Waals surface area contributed by atoms with Crippen molar-refractivity contribution >= 4 is 27.9 Å². The maximum Gasteiger partial charge on any atom is 0.165 e. The number of rotatable bonds is 3.